The summed E-state index contributed by atoms with van der Waals surface area (Å²) in [6, 6.07) is 32.7. The van der Waals surface area contributed by atoms with E-state index in [4.69, 9.17) is 46.4 Å². The number of aromatic nitrogens is 2. The fourth-order valence-electron chi connectivity index (χ4n) is 3.84. The second-order valence-corrected chi connectivity index (χ2v) is 12.3. The fraction of sp³-hybridized carbons (Fsp3) is 0.0500. The Balaban J connectivity index is 0.000000419. The average molecular weight is 928 g/mol. The van der Waals surface area contributed by atoms with Gasteiger partial charge in [0.2, 0.25) is 0 Å². The smallest absolute Gasteiger partial charge is 0.872 e. The molecule has 6 aromatic rings. The second kappa shape index (κ2) is 27.0. The third-order valence-electron chi connectivity index (χ3n) is 6.56. The van der Waals surface area contributed by atoms with Gasteiger partial charge in [0.05, 0.1) is 11.4 Å². The maximum atomic E-state index is 11.8. The molecule has 0 saturated heterocycles. The maximum Gasteiger partial charge on any atom is 2.00 e. The molecule has 0 spiro atoms. The third kappa shape index (κ3) is 18.3. The van der Waals surface area contributed by atoms with E-state index in [-0.39, 0.29) is 45.6 Å². The van der Waals surface area contributed by atoms with Crippen molar-refractivity contribution in [1.82, 2.24) is 9.97 Å². The zero-order valence-electron chi connectivity index (χ0n) is 29.3. The van der Waals surface area contributed by atoms with Gasteiger partial charge >= 0.3 is 34.1 Å². The Morgan fingerprint density at radius 1 is 0.446 bits per heavy atom. The molecular formula is C40H30Cl4Cu2N6O4. The first-order valence-corrected chi connectivity index (χ1v) is 17.2. The van der Waals surface area contributed by atoms with Gasteiger partial charge in [-0.3, -0.25) is 9.97 Å². The molecule has 2 radical (unpaired) electrons. The van der Waals surface area contributed by atoms with E-state index >= 15 is 0 Å². The van der Waals surface area contributed by atoms with Gasteiger partial charge < -0.3 is 20.4 Å². The first-order chi connectivity index (χ1) is 25.9. The van der Waals surface area contributed by atoms with Crippen molar-refractivity contribution in [2.75, 3.05) is 0 Å². The standard InChI is InChI=1S/2C15H12Cl2N2O2.2C5H5N.2Cu/c2*1-9(13-8-12(17)6-7-14(13)20)18-19-15(21)10-2-4-11(16)5-3-10;2*1-2-4-6-5-3-1;;/h2*2-8,20H,1H3,(H,19,21);2*1-5H;;/q;;;;2*+2/p-4/b2*18-9+;;;;. The van der Waals surface area contributed by atoms with Crippen LogP contribution in [0.15, 0.2) is 167 Å². The molecule has 6 rings (SSSR count). The normalized spacial score (nSPS) is 11.1. The van der Waals surface area contributed by atoms with Crippen LogP contribution in [0.1, 0.15) is 36.1 Å². The van der Waals surface area contributed by atoms with Crippen molar-refractivity contribution < 1.29 is 54.6 Å². The Labute approximate surface area is 365 Å². The summed E-state index contributed by atoms with van der Waals surface area (Å²) >= 11 is 23.1. The van der Waals surface area contributed by atoms with Crippen molar-refractivity contribution >= 4 is 69.6 Å². The van der Waals surface area contributed by atoms with Crippen LogP contribution in [0, 0.1) is 0 Å². The van der Waals surface area contributed by atoms with Gasteiger partial charge in [0.25, 0.3) is 0 Å². The number of pyridine rings is 2. The summed E-state index contributed by atoms with van der Waals surface area (Å²) in [4.78, 5) is 7.57. The Morgan fingerprint density at radius 2 is 0.750 bits per heavy atom. The number of hydrogen-bond donors (Lipinski definition) is 0. The van der Waals surface area contributed by atoms with Crippen LogP contribution in [0.2, 0.25) is 20.1 Å². The van der Waals surface area contributed by atoms with E-state index in [1.165, 1.54) is 36.4 Å². The van der Waals surface area contributed by atoms with Gasteiger partial charge in [0.1, 0.15) is 0 Å². The molecule has 16 heteroatoms. The number of benzene rings is 4. The molecule has 0 fully saturated rings. The van der Waals surface area contributed by atoms with Crippen molar-refractivity contribution in [2.24, 2.45) is 20.4 Å². The third-order valence-corrected chi connectivity index (χ3v) is 7.53. The van der Waals surface area contributed by atoms with Gasteiger partial charge in [-0.2, -0.15) is 20.4 Å². The first-order valence-electron chi connectivity index (χ1n) is 15.7. The topological polar surface area (TPSA) is 167 Å². The van der Waals surface area contributed by atoms with E-state index < -0.39 is 11.8 Å². The fourth-order valence-corrected chi connectivity index (χ4v) is 4.44. The van der Waals surface area contributed by atoms with Crippen LogP contribution in [-0.4, -0.2) is 33.2 Å². The first kappa shape index (κ1) is 49.3. The Bertz CT molecular complexity index is 1970. The molecule has 294 valence electrons. The van der Waals surface area contributed by atoms with E-state index in [0.717, 1.165) is 0 Å². The van der Waals surface area contributed by atoms with E-state index in [1.54, 1.807) is 87.2 Å². The summed E-state index contributed by atoms with van der Waals surface area (Å²) in [5, 5.41) is 63.7. The summed E-state index contributed by atoms with van der Waals surface area (Å²) in [5.74, 6) is -1.48. The van der Waals surface area contributed by atoms with E-state index in [0.29, 0.717) is 53.8 Å². The van der Waals surface area contributed by atoms with Crippen LogP contribution >= 0.6 is 46.4 Å². The van der Waals surface area contributed by atoms with Gasteiger partial charge in [-0.05, 0) is 109 Å². The van der Waals surface area contributed by atoms with Gasteiger partial charge in [0.15, 0.2) is 0 Å². The Morgan fingerprint density at radius 3 is 1.02 bits per heavy atom. The summed E-state index contributed by atoms with van der Waals surface area (Å²) in [6.45, 7) is 3.18. The predicted molar refractivity (Wildman–Crippen MR) is 211 cm³/mol. The summed E-state index contributed by atoms with van der Waals surface area (Å²) < 4.78 is 0. The van der Waals surface area contributed by atoms with Crippen LogP contribution in [0.5, 0.6) is 11.5 Å². The second-order valence-electron chi connectivity index (χ2n) is 10.5. The molecule has 0 aliphatic carbocycles. The molecule has 4 aromatic carbocycles. The van der Waals surface area contributed by atoms with Crippen LogP contribution < -0.4 is 20.4 Å². The quantitative estimate of drug-likeness (QED) is 0.0733. The zero-order valence-corrected chi connectivity index (χ0v) is 34.2. The molecular weight excluding hydrogens is 897 g/mol. The summed E-state index contributed by atoms with van der Waals surface area (Å²) in [7, 11) is 0. The Hall–Kier alpha value is -4.74. The molecule has 10 nitrogen and oxygen atoms in total. The number of halogens is 4. The van der Waals surface area contributed by atoms with E-state index in [2.05, 4.69) is 30.4 Å². The molecule has 0 N–H and O–H groups in total. The van der Waals surface area contributed by atoms with Gasteiger partial charge in [-0.15, -0.1) is 0 Å². The number of rotatable bonds is 6. The minimum absolute atomic E-state index is 0. The maximum absolute atomic E-state index is 11.8. The van der Waals surface area contributed by atoms with Crippen LogP contribution in [0.3, 0.4) is 0 Å². The summed E-state index contributed by atoms with van der Waals surface area (Å²) in [6.07, 6.45) is 7.00. The molecule has 2 aromatic heterocycles. The molecule has 0 aliphatic heterocycles. The van der Waals surface area contributed by atoms with Crippen molar-refractivity contribution in [1.29, 1.82) is 0 Å². The van der Waals surface area contributed by atoms with Crippen molar-refractivity contribution in [3.63, 3.8) is 0 Å². The van der Waals surface area contributed by atoms with Gasteiger partial charge in [-0.1, -0.05) is 106 Å². The molecule has 0 bridgehead atoms. The van der Waals surface area contributed by atoms with Gasteiger partial charge in [-0.25, -0.2) is 0 Å². The minimum atomic E-state index is -0.513. The number of hydrogen-bond acceptors (Lipinski definition) is 10. The largest absolute Gasteiger partial charge is 2.00 e. The van der Waals surface area contributed by atoms with Gasteiger partial charge in [0, 0.05) is 56.7 Å². The summed E-state index contributed by atoms with van der Waals surface area (Å²) in [5.41, 5.74) is 2.01. The Kier molecular flexibility index (Phi) is 23.7. The van der Waals surface area contributed by atoms with Crippen LogP contribution in [0.25, 0.3) is 0 Å². The van der Waals surface area contributed by atoms with Crippen LogP contribution in [-0.2, 0) is 34.1 Å². The molecule has 2 heterocycles. The SMILES string of the molecule is C/C(=N\N=C(/[O-])c1ccc(Cl)cc1)c1cc(Cl)ccc1[O-].C/C(=N\N=C(/[O-])c1ccc(Cl)cc1)c1cc(Cl)ccc1[O-].[Cu+2].[Cu+2].c1ccncc1.c1ccncc1. The number of nitrogens with zero attached hydrogens (tertiary/aromatic N) is 6. The molecule has 0 amide bonds. The molecule has 0 aliphatic rings. The monoisotopic (exact) mass is 924 g/mol. The van der Waals surface area contributed by atoms with Crippen molar-refractivity contribution in [3.05, 3.63) is 188 Å². The van der Waals surface area contributed by atoms with Crippen molar-refractivity contribution in [2.45, 2.75) is 13.8 Å². The molecule has 0 unspecified atom stereocenters. The van der Waals surface area contributed by atoms with E-state index in [9.17, 15) is 20.4 Å². The minimum Gasteiger partial charge on any atom is -0.872 e. The molecule has 56 heavy (non-hydrogen) atoms. The molecule has 0 saturated carbocycles. The van der Waals surface area contributed by atoms with Crippen molar-refractivity contribution in [3.8, 4) is 11.5 Å². The molecule has 0 atom stereocenters. The average Bonchev–Trinajstić information content (AvgIpc) is 3.20. The zero-order chi connectivity index (χ0) is 39.3. The van der Waals surface area contributed by atoms with Crippen LogP contribution in [0.4, 0.5) is 0 Å². The van der Waals surface area contributed by atoms with E-state index in [1.807, 2.05) is 36.4 Å². The predicted octanol–water partition coefficient (Wildman–Crippen LogP) is 7.35.